The average Bonchev–Trinajstić information content (AvgIpc) is 2.67. The van der Waals surface area contributed by atoms with Gasteiger partial charge < -0.3 is 9.47 Å². The van der Waals surface area contributed by atoms with E-state index in [1.54, 1.807) is 24.3 Å². The quantitative estimate of drug-likeness (QED) is 0.493. The molecule has 0 bridgehead atoms. The minimum atomic E-state index is -1.07. The lowest BCUT2D eigenvalue weighted by Gasteiger charge is -2.15. The van der Waals surface area contributed by atoms with Crippen molar-refractivity contribution in [3.05, 3.63) is 62.6 Å². The highest BCUT2D eigenvalue weighted by molar-refractivity contribution is 9.10. The molecule has 0 aliphatic carbocycles. The van der Waals surface area contributed by atoms with E-state index >= 15 is 0 Å². The van der Waals surface area contributed by atoms with E-state index in [-0.39, 0.29) is 18.0 Å². The molecule has 0 aliphatic rings. The number of hydrazine groups is 1. The fourth-order valence-corrected chi connectivity index (χ4v) is 2.32. The minimum Gasteiger partial charge on any atom is -0.484 e. The Balaban J connectivity index is 1.81. The molecule has 28 heavy (non-hydrogen) atoms. The molecule has 0 heterocycles. The van der Waals surface area contributed by atoms with Gasteiger partial charge in [0.05, 0.1) is 4.92 Å². The molecule has 0 saturated carbocycles. The molecule has 0 spiro atoms. The summed E-state index contributed by atoms with van der Waals surface area (Å²) in [7, 11) is 0. The van der Waals surface area contributed by atoms with Crippen LogP contribution in [0.2, 0.25) is 0 Å². The number of nitrogens with one attached hydrogen (secondary N) is 2. The largest absolute Gasteiger partial charge is 0.484 e. The molecule has 2 amide bonds. The number of halogens is 1. The van der Waals surface area contributed by atoms with Crippen molar-refractivity contribution in [1.82, 2.24) is 10.9 Å². The topological polar surface area (TPSA) is 120 Å². The molecule has 2 aromatic carbocycles. The van der Waals surface area contributed by atoms with Crippen molar-refractivity contribution in [2.75, 3.05) is 6.61 Å². The van der Waals surface area contributed by atoms with Gasteiger partial charge in [-0.15, -0.1) is 0 Å². The third-order valence-corrected chi connectivity index (χ3v) is 4.45. The predicted octanol–water partition coefficient (Wildman–Crippen LogP) is 2.66. The van der Waals surface area contributed by atoms with Crippen LogP contribution in [0.5, 0.6) is 11.5 Å². The van der Waals surface area contributed by atoms with Gasteiger partial charge in [-0.25, -0.2) is 0 Å². The second-order valence-electron chi connectivity index (χ2n) is 5.72. The van der Waals surface area contributed by atoms with Crippen LogP contribution < -0.4 is 20.3 Å². The Hall–Kier alpha value is -3.14. The highest BCUT2D eigenvalue weighted by Crippen LogP contribution is 2.26. The van der Waals surface area contributed by atoms with Crippen molar-refractivity contribution >= 4 is 33.4 Å². The Morgan fingerprint density at radius 1 is 1.21 bits per heavy atom. The number of nitro groups is 1. The van der Waals surface area contributed by atoms with Gasteiger partial charge in [-0.05, 0) is 43.7 Å². The fraction of sp³-hybridized carbons (Fsp3) is 0.222. The van der Waals surface area contributed by atoms with Crippen LogP contribution in [0.15, 0.2) is 46.9 Å². The molecule has 2 aromatic rings. The minimum absolute atomic E-state index is 0.0459. The van der Waals surface area contributed by atoms with Crippen molar-refractivity contribution in [3.8, 4) is 11.5 Å². The summed E-state index contributed by atoms with van der Waals surface area (Å²) in [5.41, 5.74) is 5.07. The molecule has 9 nitrogen and oxygen atoms in total. The smallest absolute Gasteiger partial charge is 0.310 e. The maximum atomic E-state index is 12.0. The first kappa shape index (κ1) is 21.2. The Morgan fingerprint density at radius 2 is 1.93 bits per heavy atom. The number of hydrogen-bond acceptors (Lipinski definition) is 6. The Bertz CT molecular complexity index is 889. The Kier molecular flexibility index (Phi) is 7.33. The Labute approximate surface area is 169 Å². The summed E-state index contributed by atoms with van der Waals surface area (Å²) in [6.07, 6.45) is -1.07. The second-order valence-corrected chi connectivity index (χ2v) is 6.58. The van der Waals surface area contributed by atoms with E-state index in [2.05, 4.69) is 26.8 Å². The van der Waals surface area contributed by atoms with Gasteiger partial charge in [0.15, 0.2) is 18.5 Å². The van der Waals surface area contributed by atoms with Crippen molar-refractivity contribution in [3.63, 3.8) is 0 Å². The summed E-state index contributed by atoms with van der Waals surface area (Å²) in [4.78, 5) is 34.2. The number of hydrogen-bond donors (Lipinski definition) is 2. The van der Waals surface area contributed by atoms with Gasteiger partial charge in [0, 0.05) is 10.5 Å². The number of amides is 2. The zero-order chi connectivity index (χ0) is 20.7. The van der Waals surface area contributed by atoms with E-state index in [0.717, 1.165) is 10.0 Å². The van der Waals surface area contributed by atoms with Gasteiger partial charge in [-0.2, -0.15) is 0 Å². The SMILES string of the molecule is Cc1cc(OCC(=O)NNC(=O)C(C)Oc2ccccc2[N+](=O)[O-])ccc1Br. The van der Waals surface area contributed by atoms with Gasteiger partial charge >= 0.3 is 5.69 Å². The molecule has 0 radical (unpaired) electrons. The predicted molar refractivity (Wildman–Crippen MR) is 104 cm³/mol. The van der Waals surface area contributed by atoms with Crippen molar-refractivity contribution < 1.29 is 24.0 Å². The standard InChI is InChI=1S/C18H18BrN3O6/c1-11-9-13(7-8-14(11)19)27-10-17(23)20-21-18(24)12(2)28-16-6-4-3-5-15(16)22(25)26/h3-9,12H,10H2,1-2H3,(H,20,23)(H,21,24). The van der Waals surface area contributed by atoms with Gasteiger partial charge in [-0.3, -0.25) is 30.6 Å². The number of carbonyl (C=O) groups excluding carboxylic acids is 2. The molecule has 0 aliphatic heterocycles. The van der Waals surface area contributed by atoms with Gasteiger partial charge in [0.1, 0.15) is 5.75 Å². The zero-order valence-electron chi connectivity index (χ0n) is 15.1. The zero-order valence-corrected chi connectivity index (χ0v) is 16.7. The first-order valence-corrected chi connectivity index (χ1v) is 8.95. The van der Waals surface area contributed by atoms with Gasteiger partial charge in [-0.1, -0.05) is 28.1 Å². The van der Waals surface area contributed by atoms with Crippen LogP contribution in [-0.2, 0) is 9.59 Å². The number of para-hydroxylation sites is 2. The van der Waals surface area contributed by atoms with E-state index in [9.17, 15) is 19.7 Å². The number of rotatable bonds is 7. The van der Waals surface area contributed by atoms with Crippen LogP contribution in [0.4, 0.5) is 5.69 Å². The third-order valence-electron chi connectivity index (χ3n) is 3.56. The number of ether oxygens (including phenoxy) is 2. The average molecular weight is 452 g/mol. The van der Waals surface area contributed by atoms with Crippen molar-refractivity contribution in [2.24, 2.45) is 0 Å². The van der Waals surface area contributed by atoms with Crippen molar-refractivity contribution in [1.29, 1.82) is 0 Å². The summed E-state index contributed by atoms with van der Waals surface area (Å²) in [5, 5.41) is 11.0. The molecule has 0 saturated heterocycles. The summed E-state index contributed by atoms with van der Waals surface area (Å²) >= 11 is 3.37. The molecule has 2 rings (SSSR count). The fourth-order valence-electron chi connectivity index (χ4n) is 2.08. The van der Waals surface area contributed by atoms with Crippen molar-refractivity contribution in [2.45, 2.75) is 20.0 Å². The summed E-state index contributed by atoms with van der Waals surface area (Å²) in [5.74, 6) is -0.788. The van der Waals surface area contributed by atoms with Crippen LogP contribution in [0.1, 0.15) is 12.5 Å². The Morgan fingerprint density at radius 3 is 2.61 bits per heavy atom. The molecular formula is C18H18BrN3O6. The van der Waals surface area contributed by atoms with E-state index in [4.69, 9.17) is 9.47 Å². The molecule has 148 valence electrons. The third kappa shape index (κ3) is 5.95. The van der Waals surface area contributed by atoms with Gasteiger partial charge in [0.2, 0.25) is 0 Å². The summed E-state index contributed by atoms with van der Waals surface area (Å²) < 4.78 is 11.6. The van der Waals surface area contributed by atoms with E-state index in [1.807, 2.05) is 6.92 Å². The first-order chi connectivity index (χ1) is 13.3. The van der Waals surface area contributed by atoms with E-state index < -0.39 is 22.8 Å². The van der Waals surface area contributed by atoms with Crippen LogP contribution in [0.3, 0.4) is 0 Å². The molecule has 2 N–H and O–H groups in total. The van der Waals surface area contributed by atoms with Crippen LogP contribution in [-0.4, -0.2) is 29.4 Å². The molecular weight excluding hydrogens is 434 g/mol. The lowest BCUT2D eigenvalue weighted by Crippen LogP contribution is -2.48. The number of aryl methyl sites for hydroxylation is 1. The van der Waals surface area contributed by atoms with Crippen LogP contribution in [0, 0.1) is 17.0 Å². The van der Waals surface area contributed by atoms with Crippen LogP contribution >= 0.6 is 15.9 Å². The summed E-state index contributed by atoms with van der Waals surface area (Å²) in [6, 6.07) is 11.0. The maximum absolute atomic E-state index is 12.0. The normalized spacial score (nSPS) is 11.2. The lowest BCUT2D eigenvalue weighted by molar-refractivity contribution is -0.386. The first-order valence-electron chi connectivity index (χ1n) is 8.15. The highest BCUT2D eigenvalue weighted by atomic mass is 79.9. The number of nitrogens with zero attached hydrogens (tertiary/aromatic N) is 1. The second kappa shape index (κ2) is 9.70. The molecule has 0 aromatic heterocycles. The molecule has 1 atom stereocenters. The number of carbonyl (C=O) groups is 2. The molecule has 10 heteroatoms. The monoisotopic (exact) mass is 451 g/mol. The van der Waals surface area contributed by atoms with E-state index in [0.29, 0.717) is 5.75 Å². The highest BCUT2D eigenvalue weighted by Gasteiger charge is 2.21. The number of benzene rings is 2. The molecule has 0 fully saturated rings. The molecule has 1 unspecified atom stereocenters. The van der Waals surface area contributed by atoms with E-state index in [1.165, 1.54) is 25.1 Å². The maximum Gasteiger partial charge on any atom is 0.310 e. The van der Waals surface area contributed by atoms with Gasteiger partial charge in [0.25, 0.3) is 11.8 Å². The van der Waals surface area contributed by atoms with Crippen LogP contribution in [0.25, 0.3) is 0 Å². The lowest BCUT2D eigenvalue weighted by atomic mass is 10.2. The summed E-state index contributed by atoms with van der Waals surface area (Å²) in [6.45, 7) is 2.98. The number of nitro benzene ring substituents is 1.